The standard InChI is InChI=1S/C21H19N3O2.ClH/c25-20(23-19-11-5-2-6-12-19)16-24-13-7-10-18(15-24)21(26)22-14-17-8-3-1-4-9-17;/h1-13,15H,14,16H2,(H-,22,23,25,26);1H. The van der Waals surface area contributed by atoms with Crippen molar-refractivity contribution in [1.82, 2.24) is 5.32 Å². The van der Waals surface area contributed by atoms with Crippen LogP contribution in [0.15, 0.2) is 85.2 Å². The molecule has 138 valence electrons. The van der Waals surface area contributed by atoms with Crippen LogP contribution in [0.4, 0.5) is 5.69 Å². The van der Waals surface area contributed by atoms with E-state index in [2.05, 4.69) is 10.6 Å². The lowest BCUT2D eigenvalue weighted by molar-refractivity contribution is -0.684. The van der Waals surface area contributed by atoms with E-state index in [0.717, 1.165) is 11.3 Å². The van der Waals surface area contributed by atoms with Gasteiger partial charge in [-0.25, -0.2) is 0 Å². The predicted molar refractivity (Wildman–Crippen MR) is 99.3 cm³/mol. The molecule has 0 saturated heterocycles. The number of carbonyl (C=O) groups excluding carboxylic acids is 2. The highest BCUT2D eigenvalue weighted by atomic mass is 35.5. The van der Waals surface area contributed by atoms with Crippen molar-refractivity contribution in [3.8, 4) is 0 Å². The summed E-state index contributed by atoms with van der Waals surface area (Å²) in [6, 6.07) is 22.5. The summed E-state index contributed by atoms with van der Waals surface area (Å²) in [7, 11) is 0. The van der Waals surface area contributed by atoms with E-state index in [0.29, 0.717) is 12.1 Å². The number of nitrogens with zero attached hydrogens (tertiary/aromatic N) is 1. The highest BCUT2D eigenvalue weighted by Crippen LogP contribution is 2.04. The van der Waals surface area contributed by atoms with Crippen LogP contribution in [0.1, 0.15) is 15.9 Å². The van der Waals surface area contributed by atoms with Crippen molar-refractivity contribution in [2.24, 2.45) is 0 Å². The van der Waals surface area contributed by atoms with Crippen molar-refractivity contribution >= 4 is 17.5 Å². The monoisotopic (exact) mass is 381 g/mol. The Morgan fingerprint density at radius 1 is 0.852 bits per heavy atom. The van der Waals surface area contributed by atoms with Crippen LogP contribution in [0.5, 0.6) is 0 Å². The number of aromatic nitrogens is 1. The van der Waals surface area contributed by atoms with Gasteiger partial charge in [0.1, 0.15) is 5.56 Å². The van der Waals surface area contributed by atoms with Crippen molar-refractivity contribution in [3.63, 3.8) is 0 Å². The molecule has 0 bridgehead atoms. The first-order chi connectivity index (χ1) is 12.7. The van der Waals surface area contributed by atoms with Crippen molar-refractivity contribution < 1.29 is 26.6 Å². The molecule has 2 aromatic carbocycles. The van der Waals surface area contributed by atoms with Crippen LogP contribution in [0.3, 0.4) is 0 Å². The molecule has 0 atom stereocenters. The molecule has 0 radical (unpaired) electrons. The number of hydrogen-bond acceptors (Lipinski definition) is 2. The minimum absolute atomic E-state index is 0. The third kappa shape index (κ3) is 6.24. The summed E-state index contributed by atoms with van der Waals surface area (Å²) in [5, 5.41) is 5.71. The number of carbonyl (C=O) groups is 2. The fourth-order valence-corrected chi connectivity index (χ4v) is 2.52. The third-order valence-electron chi connectivity index (χ3n) is 3.80. The lowest BCUT2D eigenvalue weighted by Gasteiger charge is -2.05. The molecule has 0 spiro atoms. The van der Waals surface area contributed by atoms with Crippen LogP contribution in [-0.4, -0.2) is 11.8 Å². The number of hydrogen-bond donors (Lipinski definition) is 2. The highest BCUT2D eigenvalue weighted by Gasteiger charge is 2.13. The van der Waals surface area contributed by atoms with Gasteiger partial charge in [-0.05, 0) is 23.8 Å². The minimum Gasteiger partial charge on any atom is -1.00 e. The number of anilines is 1. The second-order valence-electron chi connectivity index (χ2n) is 5.85. The van der Waals surface area contributed by atoms with Crippen LogP contribution >= 0.6 is 0 Å². The number of amides is 2. The van der Waals surface area contributed by atoms with Gasteiger partial charge in [0, 0.05) is 18.3 Å². The van der Waals surface area contributed by atoms with Crippen LogP contribution in [0.25, 0.3) is 0 Å². The first-order valence-corrected chi connectivity index (χ1v) is 8.37. The molecular formula is C21H20ClN3O2. The molecule has 5 nitrogen and oxygen atoms in total. The summed E-state index contributed by atoms with van der Waals surface area (Å²) in [4.78, 5) is 24.5. The van der Waals surface area contributed by atoms with Crippen LogP contribution < -0.4 is 27.6 Å². The molecule has 0 fully saturated rings. The number of rotatable bonds is 6. The van der Waals surface area contributed by atoms with Gasteiger partial charge in [0.25, 0.3) is 11.8 Å². The van der Waals surface area contributed by atoms with Crippen molar-refractivity contribution in [1.29, 1.82) is 0 Å². The average Bonchev–Trinajstić information content (AvgIpc) is 2.68. The number of para-hydroxylation sites is 1. The summed E-state index contributed by atoms with van der Waals surface area (Å²) < 4.78 is 1.69. The maximum Gasteiger partial charge on any atom is 0.290 e. The first kappa shape index (κ1) is 20.1. The smallest absolute Gasteiger partial charge is 0.290 e. The maximum atomic E-state index is 12.3. The topological polar surface area (TPSA) is 62.1 Å². The van der Waals surface area contributed by atoms with Gasteiger partial charge in [0.15, 0.2) is 12.4 Å². The van der Waals surface area contributed by atoms with Gasteiger partial charge in [-0.2, -0.15) is 4.57 Å². The van der Waals surface area contributed by atoms with Gasteiger partial charge in [-0.3, -0.25) is 9.59 Å². The van der Waals surface area contributed by atoms with E-state index in [1.165, 1.54) is 0 Å². The van der Waals surface area contributed by atoms with Crippen LogP contribution in [-0.2, 0) is 17.9 Å². The van der Waals surface area contributed by atoms with Gasteiger partial charge in [-0.15, -0.1) is 0 Å². The van der Waals surface area contributed by atoms with Crippen LogP contribution in [0, 0.1) is 0 Å². The lowest BCUT2D eigenvalue weighted by atomic mass is 10.2. The minimum atomic E-state index is -0.174. The zero-order chi connectivity index (χ0) is 18.2. The molecule has 0 aliphatic heterocycles. The summed E-state index contributed by atoms with van der Waals surface area (Å²) in [5.74, 6) is -0.324. The first-order valence-electron chi connectivity index (χ1n) is 8.37. The van der Waals surface area contributed by atoms with E-state index in [1.807, 2.05) is 60.7 Å². The Balaban J connectivity index is 0.00000261. The fraction of sp³-hybridized carbons (Fsp3) is 0.0952. The summed E-state index contributed by atoms with van der Waals surface area (Å²) in [5.41, 5.74) is 2.29. The Labute approximate surface area is 164 Å². The quantitative estimate of drug-likeness (QED) is 0.568. The predicted octanol–water partition coefficient (Wildman–Crippen LogP) is -0.453. The maximum absolute atomic E-state index is 12.3. The largest absolute Gasteiger partial charge is 1.00 e. The summed E-state index contributed by atoms with van der Waals surface area (Å²) in [6.07, 6.45) is 3.43. The third-order valence-corrected chi connectivity index (χ3v) is 3.80. The van der Waals surface area contributed by atoms with Gasteiger partial charge >= 0.3 is 0 Å². The number of halogens is 1. The SMILES string of the molecule is O=C(C[n+]1cccc(C(=O)NCc2ccccc2)c1)Nc1ccccc1.[Cl-]. The van der Waals surface area contributed by atoms with Gasteiger partial charge in [-0.1, -0.05) is 48.5 Å². The van der Waals surface area contributed by atoms with Crippen LogP contribution in [0.2, 0.25) is 0 Å². The van der Waals surface area contributed by atoms with Gasteiger partial charge in [0.2, 0.25) is 6.54 Å². The molecule has 6 heteroatoms. The summed E-state index contributed by atoms with van der Waals surface area (Å²) >= 11 is 0. The zero-order valence-electron chi connectivity index (χ0n) is 14.6. The van der Waals surface area contributed by atoms with Crippen molar-refractivity contribution in [2.45, 2.75) is 13.1 Å². The van der Waals surface area contributed by atoms with Gasteiger partial charge < -0.3 is 23.0 Å². The molecule has 3 aromatic rings. The molecule has 0 unspecified atom stereocenters. The fourth-order valence-electron chi connectivity index (χ4n) is 2.52. The molecule has 2 N–H and O–H groups in total. The molecule has 0 aliphatic rings. The lowest BCUT2D eigenvalue weighted by Crippen LogP contribution is -3.00. The molecular weight excluding hydrogens is 362 g/mol. The Hall–Kier alpha value is -3.18. The van der Waals surface area contributed by atoms with E-state index in [1.54, 1.807) is 29.1 Å². The van der Waals surface area contributed by atoms with Crippen molar-refractivity contribution in [2.75, 3.05) is 5.32 Å². The number of pyridine rings is 1. The normalized spacial score (nSPS) is 9.78. The molecule has 0 saturated carbocycles. The zero-order valence-corrected chi connectivity index (χ0v) is 15.4. The molecule has 1 aromatic heterocycles. The second-order valence-corrected chi connectivity index (χ2v) is 5.85. The van der Waals surface area contributed by atoms with E-state index < -0.39 is 0 Å². The van der Waals surface area contributed by atoms with E-state index in [-0.39, 0.29) is 30.8 Å². The summed E-state index contributed by atoms with van der Waals surface area (Å²) in [6.45, 7) is 0.595. The molecule has 27 heavy (non-hydrogen) atoms. The van der Waals surface area contributed by atoms with E-state index >= 15 is 0 Å². The highest BCUT2D eigenvalue weighted by molar-refractivity contribution is 5.93. The van der Waals surface area contributed by atoms with Gasteiger partial charge in [0.05, 0.1) is 0 Å². The van der Waals surface area contributed by atoms with E-state index in [4.69, 9.17) is 0 Å². The molecule has 2 amide bonds. The Morgan fingerprint density at radius 2 is 1.52 bits per heavy atom. The average molecular weight is 382 g/mol. The van der Waals surface area contributed by atoms with Crippen molar-refractivity contribution in [3.05, 3.63) is 96.3 Å². The Kier molecular flexibility index (Phi) is 7.52. The molecule has 1 heterocycles. The number of benzene rings is 2. The molecule has 0 aliphatic carbocycles. The van der Waals surface area contributed by atoms with E-state index in [9.17, 15) is 9.59 Å². The molecule has 3 rings (SSSR count). The number of nitrogens with one attached hydrogen (secondary N) is 2. The Morgan fingerprint density at radius 3 is 2.22 bits per heavy atom. The second kappa shape index (κ2) is 10.1. The Bertz CT molecular complexity index is 886.